The van der Waals surface area contributed by atoms with Crippen molar-refractivity contribution in [3.8, 4) is 11.4 Å². The number of nitrogens with zero attached hydrogens (tertiary/aromatic N) is 2. The van der Waals surface area contributed by atoms with Gasteiger partial charge in [-0.15, -0.1) is 0 Å². The number of pyridine rings is 2. The number of ether oxygens (including phenoxy) is 2. The monoisotopic (exact) mass is 620 g/mol. The van der Waals surface area contributed by atoms with Crippen LogP contribution >= 0.6 is 0 Å². The van der Waals surface area contributed by atoms with Crippen LogP contribution in [-0.4, -0.2) is 44.3 Å². The summed E-state index contributed by atoms with van der Waals surface area (Å²) < 4.78 is 27.2. The van der Waals surface area contributed by atoms with Crippen molar-refractivity contribution < 1.29 is 33.4 Å². The van der Waals surface area contributed by atoms with Gasteiger partial charge in [0.15, 0.2) is 5.60 Å². The van der Waals surface area contributed by atoms with Crippen LogP contribution in [-0.2, 0) is 44.2 Å². The highest BCUT2D eigenvalue weighted by atomic mass is 19.1. The normalized spacial score (nSPS) is 20.5. The minimum atomic E-state index is -1.98. The van der Waals surface area contributed by atoms with Crippen LogP contribution in [0.15, 0.2) is 16.9 Å². The summed E-state index contributed by atoms with van der Waals surface area (Å²) >= 11 is 0. The van der Waals surface area contributed by atoms with Crippen LogP contribution in [0.1, 0.15) is 93.3 Å². The Balaban J connectivity index is 1.42. The number of amides is 2. The molecule has 238 valence electrons. The predicted molar refractivity (Wildman–Crippen MR) is 162 cm³/mol. The third kappa shape index (κ3) is 5.04. The number of esters is 1. The number of hydrogen-bond donors (Lipinski definition) is 3. The number of hydrogen-bond acceptors (Lipinski definition) is 8. The Labute approximate surface area is 259 Å². The summed E-state index contributed by atoms with van der Waals surface area (Å²) in [4.78, 5) is 56.7. The lowest BCUT2D eigenvalue weighted by molar-refractivity contribution is -0.172. The van der Waals surface area contributed by atoms with Crippen molar-refractivity contribution in [1.29, 1.82) is 0 Å². The Morgan fingerprint density at radius 2 is 1.98 bits per heavy atom. The summed E-state index contributed by atoms with van der Waals surface area (Å²) in [6, 6.07) is 2.00. The summed E-state index contributed by atoms with van der Waals surface area (Å²) in [5, 5.41) is 17.8. The molecule has 4 heterocycles. The van der Waals surface area contributed by atoms with Crippen LogP contribution in [0, 0.1) is 12.7 Å². The van der Waals surface area contributed by atoms with E-state index in [1.807, 2.05) is 0 Å². The topological polar surface area (TPSA) is 149 Å². The quantitative estimate of drug-likeness (QED) is 0.284. The third-order valence-electron chi connectivity index (χ3n) is 8.97. The van der Waals surface area contributed by atoms with Gasteiger partial charge in [-0.05, 0) is 76.6 Å². The molecule has 0 bridgehead atoms. The number of rotatable bonds is 5. The molecule has 3 N–H and O–H groups in total. The fourth-order valence-electron chi connectivity index (χ4n) is 6.79. The van der Waals surface area contributed by atoms with Crippen molar-refractivity contribution in [1.82, 2.24) is 20.2 Å². The molecule has 0 fully saturated rings. The van der Waals surface area contributed by atoms with E-state index in [-0.39, 0.29) is 43.0 Å². The largest absolute Gasteiger partial charge is 0.458 e. The molecule has 3 aromatic rings. The van der Waals surface area contributed by atoms with Gasteiger partial charge in [-0.2, -0.15) is 0 Å². The zero-order valence-electron chi connectivity index (χ0n) is 26.2. The Morgan fingerprint density at radius 1 is 1.24 bits per heavy atom. The molecule has 11 nitrogen and oxygen atoms in total. The van der Waals surface area contributed by atoms with E-state index in [2.05, 4.69) is 10.6 Å². The van der Waals surface area contributed by atoms with E-state index in [0.717, 1.165) is 16.5 Å². The van der Waals surface area contributed by atoms with E-state index in [1.165, 1.54) is 10.6 Å². The highest BCUT2D eigenvalue weighted by Crippen LogP contribution is 2.46. The van der Waals surface area contributed by atoms with Crippen molar-refractivity contribution in [2.45, 2.75) is 104 Å². The fraction of sp³-hybridized carbons (Fsp3) is 0.485. The lowest BCUT2D eigenvalue weighted by Crippen LogP contribution is -2.44. The van der Waals surface area contributed by atoms with Crippen LogP contribution in [0.4, 0.5) is 9.18 Å². The first-order chi connectivity index (χ1) is 21.1. The maximum absolute atomic E-state index is 15.1. The van der Waals surface area contributed by atoms with Crippen LogP contribution in [0.5, 0.6) is 0 Å². The number of benzene rings is 1. The molecular weight excluding hydrogens is 583 g/mol. The van der Waals surface area contributed by atoms with Gasteiger partial charge in [0.05, 0.1) is 35.1 Å². The second-order valence-corrected chi connectivity index (χ2v) is 13.2. The lowest BCUT2D eigenvalue weighted by Gasteiger charge is -2.31. The zero-order valence-corrected chi connectivity index (χ0v) is 26.2. The van der Waals surface area contributed by atoms with Gasteiger partial charge in [0.25, 0.3) is 5.56 Å². The van der Waals surface area contributed by atoms with Crippen molar-refractivity contribution in [3.05, 3.63) is 61.7 Å². The molecule has 1 aliphatic carbocycles. The van der Waals surface area contributed by atoms with Crippen LogP contribution in [0.25, 0.3) is 22.3 Å². The average Bonchev–Trinajstić information content (AvgIpc) is 3.31. The van der Waals surface area contributed by atoms with E-state index in [9.17, 15) is 24.3 Å². The van der Waals surface area contributed by atoms with Gasteiger partial charge < -0.3 is 29.8 Å². The highest BCUT2D eigenvalue weighted by molar-refractivity contribution is 5.94. The van der Waals surface area contributed by atoms with Crippen LogP contribution in [0.3, 0.4) is 0 Å². The zero-order chi connectivity index (χ0) is 32.6. The first-order valence-electron chi connectivity index (χ1n) is 15.2. The molecular formula is C33H37FN4O7. The minimum Gasteiger partial charge on any atom is -0.458 e. The van der Waals surface area contributed by atoms with E-state index in [0.29, 0.717) is 40.9 Å². The number of halogens is 1. The Kier molecular flexibility index (Phi) is 7.26. The fourth-order valence-corrected chi connectivity index (χ4v) is 6.79. The lowest BCUT2D eigenvalue weighted by atomic mass is 9.81. The van der Waals surface area contributed by atoms with Gasteiger partial charge in [0.2, 0.25) is 5.91 Å². The smallest absolute Gasteiger partial charge is 0.407 e. The first-order valence-corrected chi connectivity index (χ1v) is 15.2. The minimum absolute atomic E-state index is 0.00248. The molecule has 0 unspecified atom stereocenters. The summed E-state index contributed by atoms with van der Waals surface area (Å²) in [5.41, 5.74) is 1.36. The SMILES string of the molecule is CC[C@@]1(O)C(=O)OCc2c1cc1n(c2=O)Cc2c-1nc1cc(F)c(C)c3c1c2[C@@H](NC(=O)C[C@H](C)NC(=O)OC(C)(C)C)CC3. The second kappa shape index (κ2) is 10.6. The molecule has 0 spiro atoms. The van der Waals surface area contributed by atoms with Crippen molar-refractivity contribution in [2.75, 3.05) is 0 Å². The Bertz CT molecular complexity index is 1860. The molecule has 0 radical (unpaired) electrons. The molecule has 2 aromatic heterocycles. The van der Waals surface area contributed by atoms with E-state index in [1.54, 1.807) is 47.6 Å². The van der Waals surface area contributed by atoms with Gasteiger partial charge in [0, 0.05) is 35.0 Å². The molecule has 1 aromatic carbocycles. The molecule has 2 amide bonds. The third-order valence-corrected chi connectivity index (χ3v) is 8.97. The van der Waals surface area contributed by atoms with Crippen molar-refractivity contribution in [2.24, 2.45) is 0 Å². The average molecular weight is 621 g/mol. The first kappa shape index (κ1) is 30.7. The number of alkyl carbamates (subject to hydrolysis) is 1. The molecule has 3 atom stereocenters. The number of cyclic esters (lactones) is 1. The predicted octanol–water partition coefficient (Wildman–Crippen LogP) is 3.93. The van der Waals surface area contributed by atoms with Gasteiger partial charge in [0.1, 0.15) is 18.0 Å². The second-order valence-electron chi connectivity index (χ2n) is 13.2. The number of carbonyl (C=O) groups is 3. The van der Waals surface area contributed by atoms with Gasteiger partial charge in [-0.25, -0.2) is 19.0 Å². The Hall–Kier alpha value is -4.32. The summed E-state index contributed by atoms with van der Waals surface area (Å²) in [6.45, 7) is 10.2. The molecule has 0 saturated heterocycles. The standard InChI is InChI=1S/C33H37FN4O7/c1-7-33(43)20-11-24-28-18(13-38(24)29(40)19(20)14-44-30(33)41)27-22(9-8-17-16(3)21(34)12-23(37-28)26(17)27)36-25(39)10-15(2)35-31(42)45-32(4,5)6/h11-12,15,22,43H,7-10,13-14H2,1-6H3,(H,35,42)(H,36,39)/t15-,22-,33-/m0/s1. The number of fused-ring (bicyclic) bond motifs is 5. The molecule has 12 heteroatoms. The van der Waals surface area contributed by atoms with Crippen molar-refractivity contribution in [3.63, 3.8) is 0 Å². The van der Waals surface area contributed by atoms with Crippen LogP contribution < -0.4 is 16.2 Å². The maximum Gasteiger partial charge on any atom is 0.407 e. The molecule has 45 heavy (non-hydrogen) atoms. The number of aromatic nitrogens is 2. The van der Waals surface area contributed by atoms with E-state index < -0.39 is 46.7 Å². The maximum atomic E-state index is 15.1. The summed E-state index contributed by atoms with van der Waals surface area (Å²) in [7, 11) is 0. The molecule has 2 aliphatic heterocycles. The number of aryl methyl sites for hydroxylation is 1. The summed E-state index contributed by atoms with van der Waals surface area (Å²) in [6.07, 6.45) is 0.385. The van der Waals surface area contributed by atoms with E-state index >= 15 is 4.39 Å². The summed E-state index contributed by atoms with van der Waals surface area (Å²) in [5.74, 6) is -1.51. The Morgan fingerprint density at radius 3 is 2.67 bits per heavy atom. The molecule has 6 rings (SSSR count). The number of aliphatic hydroxyl groups is 1. The molecule has 3 aliphatic rings. The van der Waals surface area contributed by atoms with E-state index in [4.69, 9.17) is 14.5 Å². The van der Waals surface area contributed by atoms with Crippen LogP contribution in [0.2, 0.25) is 0 Å². The number of nitrogens with one attached hydrogen (secondary N) is 2. The number of carbonyl (C=O) groups excluding carboxylic acids is 3. The van der Waals surface area contributed by atoms with Crippen molar-refractivity contribution >= 4 is 28.9 Å². The van der Waals surface area contributed by atoms with Gasteiger partial charge in [-0.1, -0.05) is 6.92 Å². The molecule has 0 saturated carbocycles. The van der Waals surface area contributed by atoms with Gasteiger partial charge >= 0.3 is 12.1 Å². The highest BCUT2D eigenvalue weighted by Gasteiger charge is 2.46. The van der Waals surface area contributed by atoms with Gasteiger partial charge in [-0.3, -0.25) is 9.59 Å².